The van der Waals surface area contributed by atoms with Gasteiger partial charge in [-0.3, -0.25) is 0 Å². The van der Waals surface area contributed by atoms with Crippen LogP contribution in [0.4, 0.5) is 21.8 Å². The second-order valence-corrected chi connectivity index (χ2v) is 9.62. The number of rotatable bonds is 6. The van der Waals surface area contributed by atoms with Crippen molar-refractivity contribution < 1.29 is 4.39 Å². The highest BCUT2D eigenvalue weighted by molar-refractivity contribution is 7.97. The monoisotopic (exact) mass is 489 g/mol. The van der Waals surface area contributed by atoms with Gasteiger partial charge in [0.1, 0.15) is 22.3 Å². The normalized spacial score (nSPS) is 14.1. The number of thiazole rings is 1. The van der Waals surface area contributed by atoms with Crippen molar-refractivity contribution >= 4 is 40.7 Å². The number of nitriles is 1. The lowest BCUT2D eigenvalue weighted by atomic mass is 10.2. The van der Waals surface area contributed by atoms with Crippen molar-refractivity contribution in [3.05, 3.63) is 77.6 Å². The number of benzene rings is 2. The molecule has 2 aromatic heterocycles. The molecule has 3 heterocycles. The van der Waals surface area contributed by atoms with Crippen molar-refractivity contribution in [3.63, 3.8) is 0 Å². The predicted octanol–water partition coefficient (Wildman–Crippen LogP) is 5.18. The smallest absolute Gasteiger partial charge is 0.228 e. The summed E-state index contributed by atoms with van der Waals surface area (Å²) in [7, 11) is 0. The average molecular weight is 490 g/mol. The molecule has 0 amide bonds. The molecule has 5 rings (SSSR count). The zero-order valence-corrected chi connectivity index (χ0v) is 19.7. The van der Waals surface area contributed by atoms with Crippen LogP contribution in [0.25, 0.3) is 10.7 Å². The van der Waals surface area contributed by atoms with Crippen LogP contribution in [-0.4, -0.2) is 45.4 Å². The molecule has 0 aliphatic carbocycles. The Morgan fingerprint density at radius 3 is 2.44 bits per heavy atom. The first-order chi connectivity index (χ1) is 16.7. The number of anilines is 3. The highest BCUT2D eigenvalue weighted by Crippen LogP contribution is 2.29. The summed E-state index contributed by atoms with van der Waals surface area (Å²) >= 11 is 3.17. The van der Waals surface area contributed by atoms with Crippen LogP contribution in [-0.2, 0) is 0 Å². The van der Waals surface area contributed by atoms with Gasteiger partial charge in [0.15, 0.2) is 0 Å². The van der Waals surface area contributed by atoms with E-state index in [1.54, 1.807) is 42.4 Å². The van der Waals surface area contributed by atoms with Crippen LogP contribution in [0.2, 0.25) is 0 Å². The van der Waals surface area contributed by atoms with Crippen molar-refractivity contribution in [2.24, 2.45) is 0 Å². The van der Waals surface area contributed by atoms with Crippen LogP contribution in [0, 0.1) is 17.1 Å². The van der Waals surface area contributed by atoms with Gasteiger partial charge < -0.3 is 10.2 Å². The minimum atomic E-state index is -0.225. The van der Waals surface area contributed by atoms with Gasteiger partial charge in [-0.05, 0) is 60.5 Å². The third-order valence-electron chi connectivity index (χ3n) is 5.22. The second-order valence-electron chi connectivity index (χ2n) is 7.55. The van der Waals surface area contributed by atoms with E-state index in [-0.39, 0.29) is 5.82 Å². The summed E-state index contributed by atoms with van der Waals surface area (Å²) < 4.78 is 15.4. The van der Waals surface area contributed by atoms with Crippen LogP contribution < -0.4 is 10.2 Å². The first-order valence-electron chi connectivity index (χ1n) is 10.7. The maximum absolute atomic E-state index is 13.2. The minimum Gasteiger partial charge on any atom is -0.340 e. The summed E-state index contributed by atoms with van der Waals surface area (Å²) in [4.78, 5) is 17.2. The molecule has 0 saturated carbocycles. The largest absolute Gasteiger partial charge is 0.340 e. The van der Waals surface area contributed by atoms with E-state index < -0.39 is 0 Å². The predicted molar refractivity (Wildman–Crippen MR) is 134 cm³/mol. The van der Waals surface area contributed by atoms with Crippen molar-refractivity contribution in [1.82, 2.24) is 19.3 Å². The maximum Gasteiger partial charge on any atom is 0.228 e. The van der Waals surface area contributed by atoms with Crippen LogP contribution in [0.3, 0.4) is 0 Å². The van der Waals surface area contributed by atoms with Crippen LogP contribution in [0.1, 0.15) is 5.56 Å². The average Bonchev–Trinajstić information content (AvgIpc) is 3.42. The van der Waals surface area contributed by atoms with Crippen LogP contribution >= 0.6 is 23.3 Å². The summed E-state index contributed by atoms with van der Waals surface area (Å²) in [5, 5.41) is 15.1. The molecule has 170 valence electrons. The lowest BCUT2D eigenvalue weighted by Crippen LogP contribution is -2.44. The van der Waals surface area contributed by atoms with Crippen molar-refractivity contribution in [2.45, 2.75) is 4.90 Å². The number of halogens is 1. The van der Waals surface area contributed by atoms with Gasteiger partial charge in [-0.2, -0.15) is 10.2 Å². The van der Waals surface area contributed by atoms with Gasteiger partial charge in [0, 0.05) is 54.4 Å². The fourth-order valence-electron chi connectivity index (χ4n) is 3.50. The summed E-state index contributed by atoms with van der Waals surface area (Å²) in [6.45, 7) is 3.19. The third kappa shape index (κ3) is 5.34. The number of nitrogens with zero attached hydrogens (tertiary/aromatic N) is 6. The standard InChI is InChI=1S/C24H20FN7S2/c25-18-3-7-20(8-4-18)34-32-12-10-31(11-13-32)24-29-21(23-27-9-14-33-23)15-22(30-24)28-19-5-1-17(16-26)2-6-19/h1-9,14-15H,10-13H2,(H,28,29,30). The van der Waals surface area contributed by atoms with Gasteiger partial charge in [0.05, 0.1) is 11.6 Å². The van der Waals surface area contributed by atoms with Gasteiger partial charge in [-0.15, -0.1) is 11.3 Å². The van der Waals surface area contributed by atoms with E-state index in [4.69, 9.17) is 15.2 Å². The number of hydrogen-bond acceptors (Lipinski definition) is 9. The molecule has 1 saturated heterocycles. The van der Waals surface area contributed by atoms with Crippen LogP contribution in [0.5, 0.6) is 0 Å². The summed E-state index contributed by atoms with van der Waals surface area (Å²) in [6, 6.07) is 17.8. The Labute approximate surface area is 205 Å². The minimum absolute atomic E-state index is 0.225. The lowest BCUT2D eigenvalue weighted by Gasteiger charge is -2.34. The third-order valence-corrected chi connectivity index (χ3v) is 7.12. The van der Waals surface area contributed by atoms with Gasteiger partial charge >= 0.3 is 0 Å². The Morgan fingerprint density at radius 1 is 1.00 bits per heavy atom. The van der Waals surface area contributed by atoms with E-state index in [2.05, 4.69) is 25.6 Å². The van der Waals surface area contributed by atoms with E-state index in [1.165, 1.54) is 23.5 Å². The molecular weight excluding hydrogens is 469 g/mol. The Bertz CT molecular complexity index is 1280. The Hall–Kier alpha value is -3.52. The first kappa shape index (κ1) is 22.3. The molecular formula is C24H20FN7S2. The summed E-state index contributed by atoms with van der Waals surface area (Å²) in [5.74, 6) is 1.09. The lowest BCUT2D eigenvalue weighted by molar-refractivity contribution is 0.426. The molecule has 0 bridgehead atoms. The highest BCUT2D eigenvalue weighted by atomic mass is 32.2. The fraction of sp³-hybridized carbons (Fsp3) is 0.167. The first-order valence-corrected chi connectivity index (χ1v) is 12.3. The van der Waals surface area contributed by atoms with Crippen molar-refractivity contribution in [1.29, 1.82) is 5.26 Å². The Balaban J connectivity index is 1.33. The molecule has 2 aromatic carbocycles. The van der Waals surface area contributed by atoms with E-state index in [0.717, 1.165) is 47.5 Å². The van der Waals surface area contributed by atoms with E-state index in [9.17, 15) is 4.39 Å². The van der Waals surface area contributed by atoms with Crippen molar-refractivity contribution in [3.8, 4) is 16.8 Å². The topological polar surface area (TPSA) is 81.0 Å². The van der Waals surface area contributed by atoms with E-state index in [1.807, 2.05) is 23.6 Å². The molecule has 0 spiro atoms. The molecule has 10 heteroatoms. The molecule has 34 heavy (non-hydrogen) atoms. The Kier molecular flexibility index (Phi) is 6.67. The second kappa shape index (κ2) is 10.2. The molecule has 1 aliphatic heterocycles. The maximum atomic E-state index is 13.2. The van der Waals surface area contributed by atoms with Crippen LogP contribution in [0.15, 0.2) is 71.1 Å². The van der Waals surface area contributed by atoms with Crippen molar-refractivity contribution in [2.75, 3.05) is 36.4 Å². The Morgan fingerprint density at radius 2 is 1.76 bits per heavy atom. The zero-order chi connectivity index (χ0) is 23.3. The molecule has 0 radical (unpaired) electrons. The van der Waals surface area contributed by atoms with Gasteiger partial charge in [0.2, 0.25) is 5.95 Å². The fourth-order valence-corrected chi connectivity index (χ4v) is 5.00. The van der Waals surface area contributed by atoms with E-state index >= 15 is 0 Å². The molecule has 7 nitrogen and oxygen atoms in total. The number of hydrogen-bond donors (Lipinski definition) is 1. The quantitative estimate of drug-likeness (QED) is 0.371. The van der Waals surface area contributed by atoms with Gasteiger partial charge in [-0.1, -0.05) is 0 Å². The molecule has 1 fully saturated rings. The number of piperazine rings is 1. The SMILES string of the molecule is N#Cc1ccc(Nc2cc(-c3nccs3)nc(N3CCN(Sc4ccc(F)cc4)CC3)n2)cc1. The highest BCUT2D eigenvalue weighted by Gasteiger charge is 2.21. The molecule has 0 unspecified atom stereocenters. The summed E-state index contributed by atoms with van der Waals surface area (Å²) in [5.41, 5.74) is 2.21. The van der Waals surface area contributed by atoms with E-state index in [0.29, 0.717) is 17.3 Å². The molecule has 1 aliphatic rings. The summed E-state index contributed by atoms with van der Waals surface area (Å²) in [6.07, 6.45) is 1.76. The molecule has 1 N–H and O–H groups in total. The van der Waals surface area contributed by atoms with Gasteiger partial charge in [0.25, 0.3) is 0 Å². The number of aromatic nitrogens is 3. The van der Waals surface area contributed by atoms with Gasteiger partial charge in [-0.25, -0.2) is 18.7 Å². The molecule has 0 atom stereocenters. The molecule has 4 aromatic rings. The number of nitrogens with one attached hydrogen (secondary N) is 1. The zero-order valence-electron chi connectivity index (χ0n) is 18.1.